The normalized spacial score (nSPS) is 11.7. The highest BCUT2D eigenvalue weighted by atomic mass is 79.9. The number of halogens is 1. The van der Waals surface area contributed by atoms with Crippen molar-refractivity contribution < 1.29 is 5.11 Å². The van der Waals surface area contributed by atoms with Gasteiger partial charge >= 0.3 is 0 Å². The summed E-state index contributed by atoms with van der Waals surface area (Å²) < 4.78 is 0.748. The molecule has 1 rings (SSSR count). The topological polar surface area (TPSA) is 32.3 Å². The first-order valence-electron chi connectivity index (χ1n) is 5.07. The molecule has 0 aliphatic heterocycles. The van der Waals surface area contributed by atoms with Crippen LogP contribution in [0.4, 0.5) is 0 Å². The van der Waals surface area contributed by atoms with E-state index in [1.807, 2.05) is 18.2 Å². The monoisotopic (exact) mass is 271 g/mol. The molecular formula is C12H18BrNO. The van der Waals surface area contributed by atoms with E-state index in [-0.39, 0.29) is 5.41 Å². The molecule has 0 spiro atoms. The van der Waals surface area contributed by atoms with E-state index >= 15 is 0 Å². The first-order valence-corrected chi connectivity index (χ1v) is 5.86. The minimum Gasteiger partial charge on any atom is -0.506 e. The maximum atomic E-state index is 9.74. The van der Waals surface area contributed by atoms with Gasteiger partial charge in [-0.25, -0.2) is 0 Å². The van der Waals surface area contributed by atoms with Crippen molar-refractivity contribution in [2.45, 2.75) is 27.3 Å². The molecular weight excluding hydrogens is 254 g/mol. The van der Waals surface area contributed by atoms with E-state index in [0.29, 0.717) is 12.3 Å². The Bertz CT molecular complexity index is 331. The Kier molecular flexibility index (Phi) is 4.17. The number of phenols is 1. The van der Waals surface area contributed by atoms with Gasteiger partial charge in [-0.3, -0.25) is 0 Å². The fraction of sp³-hybridized carbons (Fsp3) is 0.500. The van der Waals surface area contributed by atoms with Crippen LogP contribution in [0.15, 0.2) is 22.7 Å². The molecule has 0 saturated carbocycles. The Morgan fingerprint density at radius 2 is 2.00 bits per heavy atom. The van der Waals surface area contributed by atoms with Gasteiger partial charge in [0.15, 0.2) is 0 Å². The summed E-state index contributed by atoms with van der Waals surface area (Å²) in [4.78, 5) is 0. The lowest BCUT2D eigenvalue weighted by Crippen LogP contribution is -2.26. The molecule has 1 aromatic carbocycles. The van der Waals surface area contributed by atoms with E-state index < -0.39 is 0 Å². The van der Waals surface area contributed by atoms with E-state index in [1.54, 1.807) is 0 Å². The summed E-state index contributed by atoms with van der Waals surface area (Å²) in [6.45, 7) is 8.17. The fourth-order valence-electron chi connectivity index (χ4n) is 1.27. The van der Waals surface area contributed by atoms with Crippen LogP contribution < -0.4 is 5.32 Å². The number of benzene rings is 1. The van der Waals surface area contributed by atoms with E-state index in [0.717, 1.165) is 16.6 Å². The van der Waals surface area contributed by atoms with Gasteiger partial charge in [-0.15, -0.1) is 0 Å². The van der Waals surface area contributed by atoms with Crippen LogP contribution >= 0.6 is 15.9 Å². The molecule has 0 saturated heterocycles. The molecule has 0 atom stereocenters. The SMILES string of the molecule is CC(C)(C)CNCc1cccc(Br)c1O. The predicted octanol–water partition coefficient (Wildman–Crippen LogP) is 3.29. The first kappa shape index (κ1) is 12.5. The summed E-state index contributed by atoms with van der Waals surface area (Å²) >= 11 is 3.30. The van der Waals surface area contributed by atoms with E-state index in [2.05, 4.69) is 42.0 Å². The summed E-state index contributed by atoms with van der Waals surface area (Å²) in [7, 11) is 0. The average Bonchev–Trinajstić information content (AvgIpc) is 2.10. The van der Waals surface area contributed by atoms with E-state index in [9.17, 15) is 5.11 Å². The van der Waals surface area contributed by atoms with Crippen molar-refractivity contribution in [3.05, 3.63) is 28.2 Å². The molecule has 0 amide bonds. The maximum Gasteiger partial charge on any atom is 0.134 e. The lowest BCUT2D eigenvalue weighted by Gasteiger charge is -2.19. The Labute approximate surface area is 99.8 Å². The molecule has 0 heterocycles. The second-order valence-electron chi connectivity index (χ2n) is 4.91. The van der Waals surface area contributed by atoms with Gasteiger partial charge in [0.05, 0.1) is 4.47 Å². The average molecular weight is 272 g/mol. The minimum atomic E-state index is 0.266. The van der Waals surface area contributed by atoms with Crippen molar-refractivity contribution in [1.82, 2.24) is 5.32 Å². The summed E-state index contributed by atoms with van der Waals surface area (Å²) in [5.74, 6) is 0.332. The van der Waals surface area contributed by atoms with Crippen LogP contribution in [0.5, 0.6) is 5.75 Å². The van der Waals surface area contributed by atoms with Gasteiger partial charge in [0, 0.05) is 18.7 Å². The zero-order valence-corrected chi connectivity index (χ0v) is 11.1. The van der Waals surface area contributed by atoms with Crippen molar-refractivity contribution >= 4 is 15.9 Å². The van der Waals surface area contributed by atoms with Crippen LogP contribution in [-0.4, -0.2) is 11.7 Å². The molecule has 15 heavy (non-hydrogen) atoms. The van der Waals surface area contributed by atoms with Gasteiger partial charge in [0.2, 0.25) is 0 Å². The maximum absolute atomic E-state index is 9.74. The summed E-state index contributed by atoms with van der Waals surface area (Å²) in [5, 5.41) is 13.1. The first-order chi connectivity index (χ1) is 6.90. The largest absolute Gasteiger partial charge is 0.506 e. The molecule has 2 nitrogen and oxygen atoms in total. The van der Waals surface area contributed by atoms with Gasteiger partial charge in [0.1, 0.15) is 5.75 Å². The molecule has 84 valence electrons. The Morgan fingerprint density at radius 1 is 1.33 bits per heavy atom. The van der Waals surface area contributed by atoms with Crippen molar-refractivity contribution in [2.75, 3.05) is 6.54 Å². The third-order valence-corrected chi connectivity index (χ3v) is 2.68. The number of rotatable bonds is 3. The lowest BCUT2D eigenvalue weighted by molar-refractivity contribution is 0.376. The van der Waals surface area contributed by atoms with Gasteiger partial charge in [0.25, 0.3) is 0 Å². The highest BCUT2D eigenvalue weighted by molar-refractivity contribution is 9.10. The third-order valence-electron chi connectivity index (χ3n) is 2.04. The molecule has 2 N–H and O–H groups in total. The molecule has 0 aliphatic carbocycles. The van der Waals surface area contributed by atoms with Gasteiger partial charge < -0.3 is 10.4 Å². The quantitative estimate of drug-likeness (QED) is 0.885. The fourth-order valence-corrected chi connectivity index (χ4v) is 1.68. The standard InChI is InChI=1S/C12H18BrNO/c1-12(2,3)8-14-7-9-5-4-6-10(13)11(9)15/h4-6,14-15H,7-8H2,1-3H3. The second-order valence-corrected chi connectivity index (χ2v) is 5.77. The van der Waals surface area contributed by atoms with E-state index in [4.69, 9.17) is 0 Å². The zero-order chi connectivity index (χ0) is 11.5. The molecule has 0 unspecified atom stereocenters. The highest BCUT2D eigenvalue weighted by Gasteiger charge is 2.10. The Morgan fingerprint density at radius 3 is 2.60 bits per heavy atom. The Hall–Kier alpha value is -0.540. The Balaban J connectivity index is 2.55. The van der Waals surface area contributed by atoms with Crippen molar-refractivity contribution in [2.24, 2.45) is 5.41 Å². The molecule has 0 aliphatic rings. The smallest absolute Gasteiger partial charge is 0.134 e. The molecule has 3 heteroatoms. The number of hydrogen-bond donors (Lipinski definition) is 2. The summed E-state index contributed by atoms with van der Waals surface area (Å²) in [6, 6.07) is 5.69. The van der Waals surface area contributed by atoms with Gasteiger partial charge in [-0.05, 0) is 27.4 Å². The highest BCUT2D eigenvalue weighted by Crippen LogP contribution is 2.27. The molecule has 0 bridgehead atoms. The molecule has 0 aromatic heterocycles. The van der Waals surface area contributed by atoms with Crippen LogP contribution in [-0.2, 0) is 6.54 Å². The van der Waals surface area contributed by atoms with Crippen molar-refractivity contribution in [1.29, 1.82) is 0 Å². The zero-order valence-electron chi connectivity index (χ0n) is 9.47. The molecule has 0 fully saturated rings. The lowest BCUT2D eigenvalue weighted by atomic mass is 9.97. The molecule has 0 radical (unpaired) electrons. The van der Waals surface area contributed by atoms with E-state index in [1.165, 1.54) is 0 Å². The number of nitrogens with one attached hydrogen (secondary N) is 1. The van der Waals surface area contributed by atoms with Crippen molar-refractivity contribution in [3.8, 4) is 5.75 Å². The van der Waals surface area contributed by atoms with Gasteiger partial charge in [-0.2, -0.15) is 0 Å². The number of phenolic OH excluding ortho intramolecular Hbond substituents is 1. The van der Waals surface area contributed by atoms with Crippen molar-refractivity contribution in [3.63, 3.8) is 0 Å². The minimum absolute atomic E-state index is 0.266. The third kappa shape index (κ3) is 4.22. The summed E-state index contributed by atoms with van der Waals surface area (Å²) in [6.07, 6.45) is 0. The summed E-state index contributed by atoms with van der Waals surface area (Å²) in [5.41, 5.74) is 1.19. The predicted molar refractivity (Wildman–Crippen MR) is 67.0 cm³/mol. The van der Waals surface area contributed by atoms with Crippen LogP contribution in [0, 0.1) is 5.41 Å². The van der Waals surface area contributed by atoms with Crippen LogP contribution in [0.2, 0.25) is 0 Å². The second kappa shape index (κ2) is 4.99. The number of aromatic hydroxyl groups is 1. The molecule has 1 aromatic rings. The van der Waals surface area contributed by atoms with Crippen LogP contribution in [0.25, 0.3) is 0 Å². The van der Waals surface area contributed by atoms with Gasteiger partial charge in [-0.1, -0.05) is 32.9 Å². The number of para-hydroxylation sites is 1. The number of hydrogen-bond acceptors (Lipinski definition) is 2. The van der Waals surface area contributed by atoms with Crippen LogP contribution in [0.3, 0.4) is 0 Å². The van der Waals surface area contributed by atoms with Crippen LogP contribution in [0.1, 0.15) is 26.3 Å².